The lowest BCUT2D eigenvalue weighted by atomic mass is 9.46. The van der Waals surface area contributed by atoms with Gasteiger partial charge in [-0.15, -0.1) is 0 Å². The molecule has 0 N–H and O–H groups in total. The van der Waals surface area contributed by atoms with E-state index in [0.717, 1.165) is 50.5 Å². The first-order chi connectivity index (χ1) is 16.3. The largest absolute Gasteiger partial charge is 0.458 e. The summed E-state index contributed by atoms with van der Waals surface area (Å²) in [6, 6.07) is 9.58. The van der Waals surface area contributed by atoms with Gasteiger partial charge in [-0.25, -0.2) is 0 Å². The van der Waals surface area contributed by atoms with Gasteiger partial charge < -0.3 is 4.74 Å². The lowest BCUT2D eigenvalue weighted by molar-refractivity contribution is -0.167. The second-order valence-electron chi connectivity index (χ2n) is 11.8. The van der Waals surface area contributed by atoms with Crippen LogP contribution in [0, 0.1) is 28.6 Å². The van der Waals surface area contributed by atoms with E-state index < -0.39 is 0 Å². The van der Waals surface area contributed by atoms with Crippen molar-refractivity contribution in [2.24, 2.45) is 28.6 Å². The summed E-state index contributed by atoms with van der Waals surface area (Å²) in [5.74, 6) is 1.50. The molecule has 3 saturated carbocycles. The predicted molar refractivity (Wildman–Crippen MR) is 132 cm³/mol. The maximum absolute atomic E-state index is 13.4. The molecule has 5 heteroatoms. The van der Waals surface area contributed by atoms with E-state index in [0.29, 0.717) is 30.6 Å². The molecule has 0 bridgehead atoms. The highest BCUT2D eigenvalue weighted by Crippen LogP contribution is 2.70. The van der Waals surface area contributed by atoms with Crippen molar-refractivity contribution in [1.82, 2.24) is 0 Å². The van der Waals surface area contributed by atoms with Crippen LogP contribution in [-0.4, -0.2) is 27.7 Å². The minimum absolute atomic E-state index is 0.0308. The smallest absolute Gasteiger partial charge is 0.306 e. The minimum Gasteiger partial charge on any atom is -0.458 e. The number of hydrogen-bond donors (Lipinski definition) is 0. The molecule has 0 radical (unpaired) electrons. The Morgan fingerprint density at radius 1 is 0.971 bits per heavy atom. The first-order valence-electron chi connectivity index (χ1n) is 13.0. The van der Waals surface area contributed by atoms with Gasteiger partial charge >= 0.3 is 5.97 Å². The van der Waals surface area contributed by atoms with Gasteiger partial charge in [-0.2, -0.15) is 0 Å². The molecular formula is C29H34O4S. The standard InChI is InChI=1S/C29H34O4S/c1-27-12-8-20(30)16-19(27)17-23(34-26(32)18-6-4-3-5-7-18)25-21(27)9-13-28(2)22(25)10-14-29(28)15-11-24(31)33-29/h3-7,16,21-23,25H,8-15,17H2,1-2H3/t21-,22-,23+,25+,27-,28-,29+/m0/s1. The number of rotatable bonds is 2. The fraction of sp³-hybridized carbons (Fsp3) is 0.621. The quantitative estimate of drug-likeness (QED) is 0.478. The first kappa shape index (κ1) is 22.6. The van der Waals surface area contributed by atoms with Crippen molar-refractivity contribution in [2.45, 2.75) is 82.5 Å². The zero-order chi connectivity index (χ0) is 23.7. The van der Waals surface area contributed by atoms with Gasteiger partial charge in [0, 0.05) is 29.1 Å². The molecule has 4 fully saturated rings. The number of esters is 1. The number of fused-ring (bicyclic) bond motifs is 6. The Balaban J connectivity index is 1.39. The average Bonchev–Trinajstić information content (AvgIpc) is 3.35. The monoisotopic (exact) mass is 478 g/mol. The minimum atomic E-state index is -0.322. The third kappa shape index (κ3) is 3.14. The number of thioether (sulfide) groups is 1. The van der Waals surface area contributed by atoms with Crippen LogP contribution in [0.4, 0.5) is 0 Å². The zero-order valence-corrected chi connectivity index (χ0v) is 21.0. The van der Waals surface area contributed by atoms with E-state index in [2.05, 4.69) is 13.8 Å². The van der Waals surface area contributed by atoms with E-state index in [1.54, 1.807) is 0 Å². The van der Waals surface area contributed by atoms with Crippen molar-refractivity contribution >= 4 is 28.6 Å². The highest BCUT2D eigenvalue weighted by molar-refractivity contribution is 8.14. The maximum Gasteiger partial charge on any atom is 0.306 e. The van der Waals surface area contributed by atoms with E-state index in [1.165, 1.54) is 17.3 Å². The number of ketones is 1. The van der Waals surface area contributed by atoms with Gasteiger partial charge in [-0.3, -0.25) is 14.4 Å². The molecule has 1 aromatic rings. The van der Waals surface area contributed by atoms with Crippen LogP contribution in [-0.2, 0) is 14.3 Å². The van der Waals surface area contributed by atoms with Crippen LogP contribution >= 0.6 is 11.8 Å². The molecule has 5 aliphatic rings. The molecule has 1 heterocycles. The van der Waals surface area contributed by atoms with Crippen LogP contribution in [0.2, 0.25) is 0 Å². The van der Waals surface area contributed by atoms with Gasteiger partial charge in [0.25, 0.3) is 0 Å². The Labute approximate surface area is 206 Å². The Morgan fingerprint density at radius 3 is 2.47 bits per heavy atom. The molecule has 7 atom stereocenters. The van der Waals surface area contributed by atoms with Crippen LogP contribution in [0.15, 0.2) is 42.0 Å². The molecule has 0 unspecified atom stereocenters. The molecule has 4 nitrogen and oxygen atoms in total. The maximum atomic E-state index is 13.4. The zero-order valence-electron chi connectivity index (χ0n) is 20.2. The lowest BCUT2D eigenvalue weighted by Crippen LogP contribution is -2.57. The molecule has 34 heavy (non-hydrogen) atoms. The van der Waals surface area contributed by atoms with Crippen molar-refractivity contribution in [3.05, 3.63) is 47.5 Å². The van der Waals surface area contributed by atoms with Gasteiger partial charge in [0.1, 0.15) is 5.60 Å². The van der Waals surface area contributed by atoms with Crippen LogP contribution in [0.25, 0.3) is 0 Å². The number of carbonyl (C=O) groups is 3. The molecule has 1 saturated heterocycles. The molecule has 6 rings (SSSR count). The van der Waals surface area contributed by atoms with Crippen LogP contribution in [0.5, 0.6) is 0 Å². The highest BCUT2D eigenvalue weighted by Gasteiger charge is 2.68. The summed E-state index contributed by atoms with van der Waals surface area (Å²) in [5, 5.41) is 0.280. The molecule has 4 aliphatic carbocycles. The SMILES string of the molecule is C[C@]12CCC(=O)C=C1C[C@@H](SC(=O)c1ccccc1)[C@@H]1[C@@H]2CC[C@@]2(C)[C@H]1CC[C@@]21CCC(=O)O1. The van der Waals surface area contributed by atoms with Crippen LogP contribution < -0.4 is 0 Å². The number of benzene rings is 1. The first-order valence-corrected chi connectivity index (χ1v) is 13.9. The summed E-state index contributed by atoms with van der Waals surface area (Å²) in [6.07, 6.45) is 9.82. The molecule has 1 spiro atoms. The number of hydrogen-bond acceptors (Lipinski definition) is 5. The highest BCUT2D eigenvalue weighted by atomic mass is 32.2. The molecule has 0 amide bonds. The van der Waals surface area contributed by atoms with Crippen molar-refractivity contribution < 1.29 is 19.1 Å². The topological polar surface area (TPSA) is 60.4 Å². The van der Waals surface area contributed by atoms with Gasteiger partial charge in [-0.05, 0) is 74.2 Å². The second kappa shape index (κ2) is 7.81. The summed E-state index contributed by atoms with van der Waals surface area (Å²) in [6.45, 7) is 4.75. The van der Waals surface area contributed by atoms with Crippen LogP contribution in [0.3, 0.4) is 0 Å². The lowest BCUT2D eigenvalue weighted by Gasteiger charge is -2.61. The van der Waals surface area contributed by atoms with Gasteiger partial charge in [-0.1, -0.05) is 61.5 Å². The van der Waals surface area contributed by atoms with E-state index in [-0.39, 0.29) is 38.5 Å². The molecule has 180 valence electrons. The number of allylic oxidation sites excluding steroid dienone is 1. The number of ether oxygens (including phenoxy) is 1. The predicted octanol–water partition coefficient (Wildman–Crippen LogP) is 6.15. The normalized spacial score (nSPS) is 43.1. The fourth-order valence-corrected chi connectivity index (χ4v) is 10.0. The fourth-order valence-electron chi connectivity index (χ4n) is 8.70. The van der Waals surface area contributed by atoms with E-state index in [4.69, 9.17) is 4.74 Å². The summed E-state index contributed by atoms with van der Waals surface area (Å²) in [4.78, 5) is 38.0. The summed E-state index contributed by atoms with van der Waals surface area (Å²) in [5.41, 5.74) is 1.70. The molecule has 0 aromatic heterocycles. The Kier molecular flexibility index (Phi) is 5.19. The summed E-state index contributed by atoms with van der Waals surface area (Å²) >= 11 is 1.50. The van der Waals surface area contributed by atoms with Gasteiger partial charge in [0.15, 0.2) is 5.78 Å². The molecule has 1 aromatic carbocycles. The van der Waals surface area contributed by atoms with E-state index in [1.807, 2.05) is 36.4 Å². The summed E-state index contributed by atoms with van der Waals surface area (Å²) < 4.78 is 6.12. The van der Waals surface area contributed by atoms with Gasteiger partial charge in [0.2, 0.25) is 5.12 Å². The Morgan fingerprint density at radius 2 is 1.74 bits per heavy atom. The average molecular weight is 479 g/mol. The third-order valence-corrected chi connectivity index (χ3v) is 11.8. The van der Waals surface area contributed by atoms with Gasteiger partial charge in [0.05, 0.1) is 0 Å². The van der Waals surface area contributed by atoms with E-state index >= 15 is 0 Å². The van der Waals surface area contributed by atoms with Crippen molar-refractivity contribution in [2.75, 3.05) is 0 Å². The second-order valence-corrected chi connectivity index (χ2v) is 13.0. The Hall–Kier alpha value is -1.88. The summed E-state index contributed by atoms with van der Waals surface area (Å²) in [7, 11) is 0. The van der Waals surface area contributed by atoms with E-state index in [9.17, 15) is 14.4 Å². The third-order valence-electron chi connectivity index (χ3n) is 10.6. The van der Waals surface area contributed by atoms with Crippen molar-refractivity contribution in [3.8, 4) is 0 Å². The Bertz CT molecular complexity index is 1080. The van der Waals surface area contributed by atoms with Crippen LogP contribution in [0.1, 0.15) is 82.0 Å². The van der Waals surface area contributed by atoms with Crippen molar-refractivity contribution in [3.63, 3.8) is 0 Å². The molecule has 1 aliphatic heterocycles. The molecular weight excluding hydrogens is 444 g/mol. The number of carbonyl (C=O) groups excluding carboxylic acids is 3. The van der Waals surface area contributed by atoms with Crippen molar-refractivity contribution in [1.29, 1.82) is 0 Å².